The average Bonchev–Trinajstić information content (AvgIpc) is 3.23. The Balaban J connectivity index is 0.000000241. The molecule has 0 bridgehead atoms. The van der Waals surface area contributed by atoms with Crippen LogP contribution in [0, 0.1) is 11.8 Å². The molecule has 2 saturated heterocycles. The fourth-order valence-corrected chi connectivity index (χ4v) is 8.18. The largest absolute Gasteiger partial charge is 0.490 e. The first-order valence-electron chi connectivity index (χ1n) is 18.8. The van der Waals surface area contributed by atoms with E-state index in [0.29, 0.717) is 56.3 Å². The monoisotopic (exact) mass is 898 g/mol. The van der Waals surface area contributed by atoms with Crippen LogP contribution in [0.3, 0.4) is 0 Å². The molecule has 2 aromatic carbocycles. The molecule has 4 heterocycles. The number of imide groups is 2. The Labute approximate surface area is 351 Å². The molecule has 14 nitrogen and oxygen atoms in total. The highest BCUT2D eigenvalue weighted by Gasteiger charge is 2.38. The minimum atomic E-state index is -5.08. The number of aliphatic carboxylic acids is 1. The highest BCUT2D eigenvalue weighted by atomic mass is 35.7. The number of rotatable bonds is 7. The van der Waals surface area contributed by atoms with Crippen LogP contribution in [0.1, 0.15) is 38.5 Å². The van der Waals surface area contributed by atoms with Gasteiger partial charge in [0.25, 0.3) is 32.7 Å². The van der Waals surface area contributed by atoms with Gasteiger partial charge in [0, 0.05) is 36.9 Å². The van der Waals surface area contributed by atoms with Crippen LogP contribution in [0.5, 0.6) is 0 Å². The van der Waals surface area contributed by atoms with Gasteiger partial charge < -0.3 is 10.4 Å². The number of carbonyl (C=O) groups is 5. The van der Waals surface area contributed by atoms with E-state index in [9.17, 15) is 49.2 Å². The van der Waals surface area contributed by atoms with Crippen molar-refractivity contribution in [2.24, 2.45) is 11.8 Å². The first-order valence-corrected chi connectivity index (χ1v) is 22.5. The zero-order valence-electron chi connectivity index (χ0n) is 32.3. The second-order valence-electron chi connectivity index (χ2n) is 13.5. The molecular weight excluding hydrogens is 853 g/mol. The van der Waals surface area contributed by atoms with E-state index >= 15 is 0 Å². The number of nitrogens with one attached hydrogen (secondary N) is 1. The highest BCUT2D eigenvalue weighted by Crippen LogP contribution is 2.25. The Hall–Kier alpha value is -4.95. The van der Waals surface area contributed by atoms with Gasteiger partial charge >= 0.3 is 12.1 Å². The molecule has 4 aliphatic rings. The fourth-order valence-electron chi connectivity index (χ4n) is 5.90. The third kappa shape index (κ3) is 16.6. The molecular formula is C40H46ClF3N4O10S2. The minimum Gasteiger partial charge on any atom is -0.475 e. The highest BCUT2D eigenvalue weighted by molar-refractivity contribution is 8.13. The molecule has 0 spiro atoms. The number of carboxylic acids is 1. The fraction of sp³-hybridized carbons (Fsp3) is 0.375. The zero-order chi connectivity index (χ0) is 44.3. The lowest BCUT2D eigenvalue weighted by Crippen LogP contribution is -2.38. The Morgan fingerprint density at radius 3 is 1.45 bits per heavy atom. The lowest BCUT2D eigenvalue weighted by molar-refractivity contribution is -0.192. The Bertz CT molecular complexity index is 2120. The lowest BCUT2D eigenvalue weighted by atomic mass is 9.97. The van der Waals surface area contributed by atoms with Crippen molar-refractivity contribution in [3.8, 4) is 0 Å². The van der Waals surface area contributed by atoms with Crippen molar-refractivity contribution in [2.45, 2.75) is 54.5 Å². The molecule has 4 amide bonds. The van der Waals surface area contributed by atoms with Gasteiger partial charge in [-0.3, -0.25) is 29.0 Å². The minimum absolute atomic E-state index is 0.136. The average molecular weight is 899 g/mol. The number of allylic oxidation sites excluding steroid dienone is 2. The van der Waals surface area contributed by atoms with Crippen LogP contribution in [0.2, 0.25) is 0 Å². The summed E-state index contributed by atoms with van der Waals surface area (Å²) in [5.41, 5.74) is 0. The van der Waals surface area contributed by atoms with Gasteiger partial charge in [0.1, 0.15) is 0 Å². The zero-order valence-corrected chi connectivity index (χ0v) is 34.7. The van der Waals surface area contributed by atoms with Crippen LogP contribution in [-0.2, 0) is 43.0 Å². The molecule has 20 heteroatoms. The van der Waals surface area contributed by atoms with E-state index in [-0.39, 0.29) is 34.4 Å². The quantitative estimate of drug-likeness (QED) is 0.279. The third-order valence-electron chi connectivity index (χ3n) is 9.18. The van der Waals surface area contributed by atoms with Crippen LogP contribution in [0.25, 0.3) is 0 Å². The second kappa shape index (κ2) is 23.7. The van der Waals surface area contributed by atoms with E-state index in [1.807, 2.05) is 12.2 Å². The SMILES string of the molecule is O=C(O)C(F)(F)F.O=C1C=CCCN1C(=O)/C=C/C1CCN(S(=O)(=O)c2ccccc2)CC1.O=C1C=CCCN1C(=O)/C=C/C1CCNCC1.O=S(=O)(Cl)c1ccccc1. The molecule has 4 aliphatic heterocycles. The summed E-state index contributed by atoms with van der Waals surface area (Å²) in [6.45, 7) is 3.78. The maximum atomic E-state index is 12.6. The first kappa shape index (κ1) is 49.4. The molecule has 0 radical (unpaired) electrons. The summed E-state index contributed by atoms with van der Waals surface area (Å²) in [7, 11) is -1.96. The number of benzene rings is 2. The van der Waals surface area contributed by atoms with Crippen molar-refractivity contribution in [1.29, 1.82) is 0 Å². The molecule has 0 aliphatic carbocycles. The van der Waals surface area contributed by atoms with E-state index in [2.05, 4.69) is 5.32 Å². The summed E-state index contributed by atoms with van der Waals surface area (Å²) in [5, 5.41) is 10.4. The summed E-state index contributed by atoms with van der Waals surface area (Å²) in [5.74, 6) is -3.12. The molecule has 60 heavy (non-hydrogen) atoms. The number of carbonyl (C=O) groups excluding carboxylic acids is 4. The first-order chi connectivity index (χ1) is 28.3. The van der Waals surface area contributed by atoms with E-state index in [1.54, 1.807) is 66.8 Å². The number of carboxylic acid groups (broad SMARTS) is 1. The predicted octanol–water partition coefficient (Wildman–Crippen LogP) is 5.06. The van der Waals surface area contributed by atoms with Crippen molar-refractivity contribution < 1.29 is 59.1 Å². The summed E-state index contributed by atoms with van der Waals surface area (Å²) >= 11 is 0. The molecule has 0 atom stereocenters. The van der Waals surface area contributed by atoms with Crippen molar-refractivity contribution in [2.75, 3.05) is 39.3 Å². The normalized spacial score (nSPS) is 18.2. The standard InChI is InChI=1S/C19H22N2O4S.C13H18N2O2.C6H5ClO2S.C2HF3O2/c22-18-8-4-5-13-21(18)19(23)10-9-16-11-14-20(15-12-16)26(24,25)17-6-2-1-3-7-17;16-12-3-1-2-10-15(12)13(17)5-4-11-6-8-14-9-7-11;7-10(8,9)6-4-2-1-3-5-6;3-2(4,5)1(6)7/h1-4,6-10,16H,5,11-15H2;1,3-5,11,14H,2,6-10H2;1-5H;(H,6,7)/b10-9+;5-4+;;. The van der Waals surface area contributed by atoms with E-state index in [1.165, 1.54) is 44.5 Å². The van der Waals surface area contributed by atoms with Gasteiger partial charge in [-0.2, -0.15) is 17.5 Å². The van der Waals surface area contributed by atoms with Gasteiger partial charge in [0.15, 0.2) is 0 Å². The van der Waals surface area contributed by atoms with E-state index in [4.69, 9.17) is 20.6 Å². The Morgan fingerprint density at radius 1 is 0.683 bits per heavy atom. The van der Waals surface area contributed by atoms with E-state index in [0.717, 1.165) is 32.4 Å². The van der Waals surface area contributed by atoms with Gasteiger partial charge in [-0.25, -0.2) is 21.6 Å². The van der Waals surface area contributed by atoms with Gasteiger partial charge in [-0.05, 0) is 112 Å². The lowest BCUT2D eigenvalue weighted by Gasteiger charge is -2.30. The number of alkyl halides is 3. The molecule has 0 unspecified atom stereocenters. The second-order valence-corrected chi connectivity index (χ2v) is 18.0. The van der Waals surface area contributed by atoms with Crippen LogP contribution >= 0.6 is 10.7 Å². The smallest absolute Gasteiger partial charge is 0.475 e. The summed E-state index contributed by atoms with van der Waals surface area (Å²) < 4.78 is 79.6. The maximum Gasteiger partial charge on any atom is 0.490 e. The number of halogens is 4. The number of piperidine rings is 2. The third-order valence-corrected chi connectivity index (χ3v) is 12.5. The van der Waals surface area contributed by atoms with Crippen molar-refractivity contribution in [3.63, 3.8) is 0 Å². The number of hydrogen-bond acceptors (Lipinski definition) is 10. The van der Waals surface area contributed by atoms with Gasteiger partial charge in [0.2, 0.25) is 10.0 Å². The molecule has 326 valence electrons. The Morgan fingerprint density at radius 2 is 1.08 bits per heavy atom. The summed E-state index contributed by atoms with van der Waals surface area (Å²) in [6.07, 6.45) is 13.0. The molecule has 6 rings (SSSR count). The predicted molar refractivity (Wildman–Crippen MR) is 216 cm³/mol. The van der Waals surface area contributed by atoms with Gasteiger partial charge in [0.05, 0.1) is 9.79 Å². The van der Waals surface area contributed by atoms with Crippen LogP contribution in [0.4, 0.5) is 13.2 Å². The number of nitrogens with zero attached hydrogens (tertiary/aromatic N) is 3. The number of amides is 4. The Kier molecular flexibility index (Phi) is 19.5. The summed E-state index contributed by atoms with van der Waals surface area (Å²) in [6, 6.07) is 16.3. The van der Waals surface area contributed by atoms with Crippen LogP contribution < -0.4 is 5.32 Å². The van der Waals surface area contributed by atoms with Crippen LogP contribution in [-0.4, -0.2) is 111 Å². The van der Waals surface area contributed by atoms with Gasteiger partial charge in [-0.1, -0.05) is 60.7 Å². The molecule has 2 fully saturated rings. The summed E-state index contributed by atoms with van der Waals surface area (Å²) in [4.78, 5) is 59.0. The molecule has 0 saturated carbocycles. The van der Waals surface area contributed by atoms with Crippen molar-refractivity contribution in [3.05, 3.63) is 109 Å². The number of hydrogen-bond donors (Lipinski definition) is 2. The molecule has 2 N–H and O–H groups in total. The van der Waals surface area contributed by atoms with Crippen LogP contribution in [0.15, 0.2) is 119 Å². The topological polar surface area (TPSA) is 196 Å². The molecule has 0 aromatic heterocycles. The van der Waals surface area contributed by atoms with Crippen molar-refractivity contribution >= 4 is 59.4 Å². The van der Waals surface area contributed by atoms with Crippen molar-refractivity contribution in [1.82, 2.24) is 19.4 Å². The maximum absolute atomic E-state index is 12.6. The number of sulfonamides is 1. The van der Waals surface area contributed by atoms with Gasteiger partial charge in [-0.15, -0.1) is 0 Å². The molecule has 2 aromatic rings. The van der Waals surface area contributed by atoms with E-state index < -0.39 is 31.2 Å².